The second kappa shape index (κ2) is 9.80. The van der Waals surface area contributed by atoms with Crippen LogP contribution in [-0.2, 0) is 4.74 Å². The molecule has 8 nitrogen and oxygen atoms in total. The molecule has 10 heteroatoms. The fourth-order valence-electron chi connectivity index (χ4n) is 3.52. The van der Waals surface area contributed by atoms with Crippen molar-refractivity contribution in [1.82, 2.24) is 15.2 Å². The van der Waals surface area contributed by atoms with Crippen molar-refractivity contribution < 1.29 is 4.74 Å². The van der Waals surface area contributed by atoms with E-state index in [4.69, 9.17) is 9.72 Å². The van der Waals surface area contributed by atoms with E-state index in [-0.39, 0.29) is 0 Å². The first kappa shape index (κ1) is 21.8. The van der Waals surface area contributed by atoms with Crippen LogP contribution in [-0.4, -0.2) is 53.6 Å². The summed E-state index contributed by atoms with van der Waals surface area (Å²) in [5.41, 5.74) is 1.86. The summed E-state index contributed by atoms with van der Waals surface area (Å²) in [6.07, 6.45) is 0. The Balaban J connectivity index is 1.63. The number of azo groups is 1. The van der Waals surface area contributed by atoms with Crippen LogP contribution in [0.3, 0.4) is 0 Å². The fourth-order valence-corrected chi connectivity index (χ4v) is 5.42. The van der Waals surface area contributed by atoms with Gasteiger partial charge in [0.25, 0.3) is 5.13 Å². The fraction of sp³-hybridized carbons (Fsp3) is 0.476. The number of morpholine rings is 1. The number of ether oxygens (including phenoxy) is 1. The number of thiazole rings is 1. The van der Waals surface area contributed by atoms with E-state index >= 15 is 0 Å². The quantitative estimate of drug-likeness (QED) is 0.434. The van der Waals surface area contributed by atoms with Crippen molar-refractivity contribution >= 4 is 43.1 Å². The molecule has 0 unspecified atom stereocenters. The number of nitrogens with zero attached hydrogens (tertiary/aromatic N) is 7. The lowest BCUT2D eigenvalue weighted by atomic mass is 10.2. The van der Waals surface area contributed by atoms with E-state index in [2.05, 4.69) is 57.9 Å². The molecule has 1 aliphatic rings. The van der Waals surface area contributed by atoms with Crippen LogP contribution in [0, 0.1) is 0 Å². The Bertz CT molecular complexity index is 1000. The molecule has 0 aliphatic carbocycles. The standard InChI is InChI=1S/C21H27N7OS2/c1-14(2)28(15(3)4)21-26-25-19(31-21)24-23-18-17(16-8-6-5-7-9-16)22-20(30-18)27-10-12-29-13-11-27/h5-9,14-15H,10-13H2,1-4H3. The molecule has 2 aromatic heterocycles. The van der Waals surface area contributed by atoms with Crippen LogP contribution in [0.5, 0.6) is 0 Å². The Morgan fingerprint density at radius 1 is 0.968 bits per heavy atom. The van der Waals surface area contributed by atoms with E-state index in [0.717, 1.165) is 39.6 Å². The first-order valence-corrected chi connectivity index (χ1v) is 12.1. The zero-order valence-corrected chi connectivity index (χ0v) is 19.9. The molecule has 0 spiro atoms. The predicted molar refractivity (Wildman–Crippen MR) is 127 cm³/mol. The van der Waals surface area contributed by atoms with Crippen LogP contribution in [0.2, 0.25) is 0 Å². The van der Waals surface area contributed by atoms with E-state index in [0.29, 0.717) is 30.4 Å². The van der Waals surface area contributed by atoms with Crippen LogP contribution in [0.15, 0.2) is 40.6 Å². The van der Waals surface area contributed by atoms with Gasteiger partial charge in [-0.25, -0.2) is 4.98 Å². The van der Waals surface area contributed by atoms with Crippen molar-refractivity contribution in [2.45, 2.75) is 39.8 Å². The molecule has 0 amide bonds. The summed E-state index contributed by atoms with van der Waals surface area (Å²) in [4.78, 5) is 9.36. The predicted octanol–water partition coefficient (Wildman–Crippen LogP) is 5.54. The zero-order valence-electron chi connectivity index (χ0n) is 18.2. The van der Waals surface area contributed by atoms with Crippen LogP contribution in [0.1, 0.15) is 27.7 Å². The molecule has 0 atom stereocenters. The lowest BCUT2D eigenvalue weighted by Gasteiger charge is -2.29. The maximum absolute atomic E-state index is 5.48. The van der Waals surface area contributed by atoms with Gasteiger partial charge < -0.3 is 14.5 Å². The van der Waals surface area contributed by atoms with E-state index < -0.39 is 0 Å². The van der Waals surface area contributed by atoms with Gasteiger partial charge in [0.15, 0.2) is 10.1 Å². The van der Waals surface area contributed by atoms with Gasteiger partial charge in [-0.05, 0) is 27.7 Å². The van der Waals surface area contributed by atoms with Gasteiger partial charge in [0.1, 0.15) is 5.69 Å². The molecular weight excluding hydrogens is 430 g/mol. The molecule has 4 rings (SSSR count). The zero-order chi connectivity index (χ0) is 21.8. The molecule has 0 saturated carbocycles. The van der Waals surface area contributed by atoms with Crippen LogP contribution < -0.4 is 9.80 Å². The summed E-state index contributed by atoms with van der Waals surface area (Å²) < 4.78 is 5.48. The van der Waals surface area contributed by atoms with Gasteiger partial charge in [-0.15, -0.1) is 20.4 Å². The van der Waals surface area contributed by atoms with E-state index in [1.807, 2.05) is 30.3 Å². The maximum Gasteiger partial charge on any atom is 0.253 e. The highest BCUT2D eigenvalue weighted by molar-refractivity contribution is 7.20. The van der Waals surface area contributed by atoms with Crippen molar-refractivity contribution in [2.75, 3.05) is 36.1 Å². The number of benzene rings is 1. The van der Waals surface area contributed by atoms with Gasteiger partial charge in [0.05, 0.1) is 13.2 Å². The minimum atomic E-state index is 0.333. The Morgan fingerprint density at radius 3 is 2.35 bits per heavy atom. The van der Waals surface area contributed by atoms with Crippen LogP contribution in [0.4, 0.5) is 20.4 Å². The summed E-state index contributed by atoms with van der Waals surface area (Å²) in [5, 5.41) is 20.7. The average Bonchev–Trinajstić information content (AvgIpc) is 3.40. The Labute approximate surface area is 190 Å². The summed E-state index contributed by atoms with van der Waals surface area (Å²) in [7, 11) is 0. The van der Waals surface area contributed by atoms with Crippen molar-refractivity contribution in [3.63, 3.8) is 0 Å². The highest BCUT2D eigenvalue weighted by atomic mass is 32.1. The number of anilines is 2. The molecule has 1 fully saturated rings. The van der Waals surface area contributed by atoms with Gasteiger partial charge >= 0.3 is 0 Å². The monoisotopic (exact) mass is 457 g/mol. The lowest BCUT2D eigenvalue weighted by Crippen LogP contribution is -2.36. The van der Waals surface area contributed by atoms with E-state index in [1.165, 1.54) is 11.3 Å². The average molecular weight is 458 g/mol. The molecule has 1 aliphatic heterocycles. The van der Waals surface area contributed by atoms with Gasteiger partial charge in [0, 0.05) is 30.7 Å². The molecular formula is C21H27N7OS2. The largest absolute Gasteiger partial charge is 0.378 e. The smallest absolute Gasteiger partial charge is 0.253 e. The molecule has 164 valence electrons. The van der Waals surface area contributed by atoms with E-state index in [9.17, 15) is 0 Å². The maximum atomic E-state index is 5.48. The normalized spacial score (nSPS) is 14.8. The van der Waals surface area contributed by atoms with Gasteiger partial charge in [-0.2, -0.15) is 0 Å². The highest BCUT2D eigenvalue weighted by Crippen LogP contribution is 2.41. The van der Waals surface area contributed by atoms with Crippen molar-refractivity contribution in [3.05, 3.63) is 30.3 Å². The topological polar surface area (TPSA) is 79.1 Å². The molecule has 3 heterocycles. The first-order valence-electron chi connectivity index (χ1n) is 10.5. The van der Waals surface area contributed by atoms with Crippen molar-refractivity contribution in [3.8, 4) is 11.3 Å². The summed E-state index contributed by atoms with van der Waals surface area (Å²) in [6.45, 7) is 11.7. The molecule has 1 saturated heterocycles. The van der Waals surface area contributed by atoms with E-state index in [1.54, 1.807) is 11.3 Å². The first-order chi connectivity index (χ1) is 15.0. The van der Waals surface area contributed by atoms with Gasteiger partial charge in [-0.3, -0.25) is 0 Å². The number of hydrogen-bond donors (Lipinski definition) is 0. The number of aromatic nitrogens is 3. The van der Waals surface area contributed by atoms with Crippen molar-refractivity contribution in [2.24, 2.45) is 10.2 Å². The summed E-state index contributed by atoms with van der Waals surface area (Å²) in [6, 6.07) is 10.8. The molecule has 31 heavy (non-hydrogen) atoms. The minimum absolute atomic E-state index is 0.333. The summed E-state index contributed by atoms with van der Waals surface area (Å²) in [5.74, 6) is 0. The molecule has 0 bridgehead atoms. The molecule has 1 aromatic carbocycles. The highest BCUT2D eigenvalue weighted by Gasteiger charge is 2.21. The molecule has 0 N–H and O–H groups in total. The third-order valence-electron chi connectivity index (χ3n) is 4.89. The number of rotatable bonds is 7. The van der Waals surface area contributed by atoms with Gasteiger partial charge in [-0.1, -0.05) is 53.0 Å². The lowest BCUT2D eigenvalue weighted by molar-refractivity contribution is 0.122. The minimum Gasteiger partial charge on any atom is -0.378 e. The second-order valence-corrected chi connectivity index (χ2v) is 9.67. The van der Waals surface area contributed by atoms with Crippen molar-refractivity contribution in [1.29, 1.82) is 0 Å². The Morgan fingerprint density at radius 2 is 1.68 bits per heavy atom. The Kier molecular flexibility index (Phi) is 6.89. The third kappa shape index (κ3) is 5.08. The van der Waals surface area contributed by atoms with Crippen LogP contribution in [0.25, 0.3) is 11.3 Å². The molecule has 0 radical (unpaired) electrons. The summed E-state index contributed by atoms with van der Waals surface area (Å²) >= 11 is 3.00. The number of hydrogen-bond acceptors (Lipinski definition) is 10. The Hall–Kier alpha value is -2.43. The SMILES string of the molecule is CC(C)N(c1nnc(N=Nc2sc(N3CCOCC3)nc2-c2ccccc2)s1)C(C)C. The van der Waals surface area contributed by atoms with Crippen LogP contribution >= 0.6 is 22.7 Å². The second-order valence-electron chi connectivity index (χ2n) is 7.78. The van der Waals surface area contributed by atoms with Gasteiger partial charge in [0.2, 0.25) is 5.13 Å². The molecule has 3 aromatic rings. The third-order valence-corrected chi connectivity index (χ3v) is 6.71.